The van der Waals surface area contributed by atoms with Crippen molar-refractivity contribution >= 4 is 5.97 Å². The summed E-state index contributed by atoms with van der Waals surface area (Å²) in [6.45, 7) is 10.7. The van der Waals surface area contributed by atoms with Crippen molar-refractivity contribution in [3.8, 4) is 0 Å². The van der Waals surface area contributed by atoms with Gasteiger partial charge in [0.25, 0.3) is 0 Å². The third-order valence-corrected chi connectivity index (χ3v) is 3.98. The van der Waals surface area contributed by atoms with Crippen molar-refractivity contribution in [2.24, 2.45) is 0 Å². The Morgan fingerprint density at radius 3 is 2.55 bits per heavy atom. The molecule has 3 nitrogen and oxygen atoms in total. The Morgan fingerprint density at radius 1 is 1.35 bits per heavy atom. The van der Waals surface area contributed by atoms with E-state index in [4.69, 9.17) is 5.11 Å². The van der Waals surface area contributed by atoms with Crippen LogP contribution in [0.3, 0.4) is 0 Å². The molecular formula is C17H27NO2. The molecule has 112 valence electrons. The van der Waals surface area contributed by atoms with E-state index in [1.54, 1.807) is 12.1 Å². The van der Waals surface area contributed by atoms with Crippen molar-refractivity contribution in [1.82, 2.24) is 4.90 Å². The number of aryl methyl sites for hydroxylation is 1. The van der Waals surface area contributed by atoms with Gasteiger partial charge in [-0.2, -0.15) is 0 Å². The number of unbranched alkanes of at least 4 members (excludes halogenated alkanes) is 1. The Kier molecular flexibility index (Phi) is 6.73. The Labute approximate surface area is 122 Å². The zero-order valence-corrected chi connectivity index (χ0v) is 13.1. The maximum absolute atomic E-state index is 11.0. The molecule has 0 fully saturated rings. The number of carboxylic acids is 1. The van der Waals surface area contributed by atoms with Gasteiger partial charge >= 0.3 is 5.97 Å². The van der Waals surface area contributed by atoms with Gasteiger partial charge in [0, 0.05) is 12.6 Å². The predicted molar refractivity (Wildman–Crippen MR) is 83.2 cm³/mol. The lowest BCUT2D eigenvalue weighted by Gasteiger charge is -2.29. The predicted octanol–water partition coefficient (Wildman–Crippen LogP) is 4.09. The molecule has 0 heterocycles. The molecule has 1 N–H and O–H groups in total. The van der Waals surface area contributed by atoms with E-state index < -0.39 is 5.97 Å². The minimum atomic E-state index is -0.857. The monoisotopic (exact) mass is 277 g/mol. The van der Waals surface area contributed by atoms with Crippen LogP contribution in [0.5, 0.6) is 0 Å². The van der Waals surface area contributed by atoms with E-state index in [2.05, 4.69) is 25.7 Å². The molecular weight excluding hydrogens is 250 g/mol. The maximum atomic E-state index is 11.0. The second-order valence-electron chi connectivity index (χ2n) is 5.53. The first-order chi connectivity index (χ1) is 9.49. The van der Waals surface area contributed by atoms with Gasteiger partial charge in [0.2, 0.25) is 0 Å². The summed E-state index contributed by atoms with van der Waals surface area (Å²) < 4.78 is 0. The van der Waals surface area contributed by atoms with Gasteiger partial charge in [0.15, 0.2) is 0 Å². The van der Waals surface area contributed by atoms with E-state index in [9.17, 15) is 4.79 Å². The molecule has 0 aliphatic carbocycles. The third-order valence-electron chi connectivity index (χ3n) is 3.98. The minimum absolute atomic E-state index is 0.370. The molecule has 0 aliphatic rings. The van der Waals surface area contributed by atoms with Crippen LogP contribution >= 0.6 is 0 Å². The largest absolute Gasteiger partial charge is 0.478 e. The summed E-state index contributed by atoms with van der Waals surface area (Å²) in [5.74, 6) is -0.857. The highest BCUT2D eigenvalue weighted by atomic mass is 16.4. The number of hydrogen-bond acceptors (Lipinski definition) is 2. The highest BCUT2D eigenvalue weighted by Crippen LogP contribution is 2.17. The Morgan fingerprint density at radius 2 is 2.05 bits per heavy atom. The van der Waals surface area contributed by atoms with E-state index in [0.717, 1.165) is 25.1 Å². The van der Waals surface area contributed by atoms with Gasteiger partial charge in [0.1, 0.15) is 0 Å². The summed E-state index contributed by atoms with van der Waals surface area (Å²) in [5.41, 5.74) is 2.66. The molecule has 0 saturated carbocycles. The van der Waals surface area contributed by atoms with Crippen molar-refractivity contribution in [2.45, 2.75) is 59.5 Å². The van der Waals surface area contributed by atoms with Crippen LogP contribution in [-0.4, -0.2) is 28.6 Å². The lowest BCUT2D eigenvalue weighted by molar-refractivity contribution is 0.0696. The summed E-state index contributed by atoms with van der Waals surface area (Å²) in [7, 11) is 0. The van der Waals surface area contributed by atoms with Crippen LogP contribution < -0.4 is 0 Å². The Bertz CT molecular complexity index is 443. The quantitative estimate of drug-likeness (QED) is 0.778. The van der Waals surface area contributed by atoms with Crippen molar-refractivity contribution in [2.75, 3.05) is 6.54 Å². The van der Waals surface area contributed by atoms with Gasteiger partial charge in [-0.05, 0) is 56.5 Å². The fourth-order valence-electron chi connectivity index (χ4n) is 2.30. The maximum Gasteiger partial charge on any atom is 0.335 e. The smallest absolute Gasteiger partial charge is 0.335 e. The molecule has 0 aliphatic heterocycles. The number of benzene rings is 1. The van der Waals surface area contributed by atoms with Gasteiger partial charge < -0.3 is 5.11 Å². The number of hydrogen-bond donors (Lipinski definition) is 1. The van der Waals surface area contributed by atoms with E-state index in [0.29, 0.717) is 11.6 Å². The van der Waals surface area contributed by atoms with E-state index in [1.165, 1.54) is 18.4 Å². The zero-order chi connectivity index (χ0) is 15.1. The van der Waals surface area contributed by atoms with Gasteiger partial charge in [-0.15, -0.1) is 0 Å². The molecule has 0 saturated heterocycles. The lowest BCUT2D eigenvalue weighted by Crippen LogP contribution is -2.33. The van der Waals surface area contributed by atoms with Crippen molar-refractivity contribution in [3.63, 3.8) is 0 Å². The SMILES string of the molecule is CCCCN(Cc1ccc(C(=O)O)cc1C)C(C)CC. The summed E-state index contributed by atoms with van der Waals surface area (Å²) >= 11 is 0. The molecule has 0 amide bonds. The van der Waals surface area contributed by atoms with E-state index in [-0.39, 0.29) is 0 Å². The third kappa shape index (κ3) is 4.64. The van der Waals surface area contributed by atoms with Crippen molar-refractivity contribution in [1.29, 1.82) is 0 Å². The van der Waals surface area contributed by atoms with E-state index in [1.807, 2.05) is 13.0 Å². The average molecular weight is 277 g/mol. The highest BCUT2D eigenvalue weighted by molar-refractivity contribution is 5.87. The molecule has 1 aromatic carbocycles. The molecule has 3 heteroatoms. The summed E-state index contributed by atoms with van der Waals surface area (Å²) in [5, 5.41) is 9.01. The number of rotatable bonds is 8. The average Bonchev–Trinajstić information content (AvgIpc) is 2.43. The fourth-order valence-corrected chi connectivity index (χ4v) is 2.30. The van der Waals surface area contributed by atoms with Crippen LogP contribution in [0, 0.1) is 6.92 Å². The van der Waals surface area contributed by atoms with Gasteiger partial charge in [-0.3, -0.25) is 4.90 Å². The van der Waals surface area contributed by atoms with Gasteiger partial charge in [-0.25, -0.2) is 4.79 Å². The summed E-state index contributed by atoms with van der Waals surface area (Å²) in [4.78, 5) is 13.5. The second-order valence-corrected chi connectivity index (χ2v) is 5.53. The molecule has 1 atom stereocenters. The Hall–Kier alpha value is -1.35. The normalized spacial score (nSPS) is 12.7. The number of carboxylic acid groups (broad SMARTS) is 1. The van der Waals surface area contributed by atoms with E-state index >= 15 is 0 Å². The first-order valence-electron chi connectivity index (χ1n) is 7.56. The molecule has 1 aromatic rings. The summed E-state index contributed by atoms with van der Waals surface area (Å²) in [6.07, 6.45) is 3.54. The van der Waals surface area contributed by atoms with Crippen LogP contribution in [0.4, 0.5) is 0 Å². The number of carbonyl (C=O) groups is 1. The van der Waals surface area contributed by atoms with Crippen LogP contribution in [-0.2, 0) is 6.54 Å². The highest BCUT2D eigenvalue weighted by Gasteiger charge is 2.14. The van der Waals surface area contributed by atoms with Crippen molar-refractivity contribution < 1.29 is 9.90 Å². The molecule has 0 bridgehead atoms. The Balaban J connectivity index is 2.84. The standard InChI is InChI=1S/C17H27NO2/c1-5-7-10-18(14(4)6-2)12-16-9-8-15(17(19)20)11-13(16)3/h8-9,11,14H,5-7,10,12H2,1-4H3,(H,19,20). The van der Waals surface area contributed by atoms with Gasteiger partial charge in [0.05, 0.1) is 5.56 Å². The lowest BCUT2D eigenvalue weighted by atomic mass is 10.0. The number of aromatic carboxylic acids is 1. The zero-order valence-electron chi connectivity index (χ0n) is 13.1. The van der Waals surface area contributed by atoms with Crippen LogP contribution in [0.1, 0.15) is 61.5 Å². The van der Waals surface area contributed by atoms with Gasteiger partial charge in [-0.1, -0.05) is 26.3 Å². The molecule has 0 radical (unpaired) electrons. The van der Waals surface area contributed by atoms with Crippen molar-refractivity contribution in [3.05, 3.63) is 34.9 Å². The topological polar surface area (TPSA) is 40.5 Å². The van der Waals surface area contributed by atoms with Crippen LogP contribution in [0.25, 0.3) is 0 Å². The number of nitrogens with zero attached hydrogens (tertiary/aromatic N) is 1. The van der Waals surface area contributed by atoms with Crippen LogP contribution in [0.15, 0.2) is 18.2 Å². The molecule has 20 heavy (non-hydrogen) atoms. The molecule has 0 spiro atoms. The molecule has 0 aromatic heterocycles. The second kappa shape index (κ2) is 8.05. The summed E-state index contributed by atoms with van der Waals surface area (Å²) in [6, 6.07) is 5.99. The van der Waals surface area contributed by atoms with Crippen LogP contribution in [0.2, 0.25) is 0 Å². The fraction of sp³-hybridized carbons (Fsp3) is 0.588. The minimum Gasteiger partial charge on any atom is -0.478 e. The molecule has 1 rings (SSSR count). The first-order valence-corrected chi connectivity index (χ1v) is 7.56. The molecule has 1 unspecified atom stereocenters. The first kappa shape index (κ1) is 16.7.